The predicted molar refractivity (Wildman–Crippen MR) is 71.2 cm³/mol. The summed E-state index contributed by atoms with van der Waals surface area (Å²) in [6, 6.07) is 0. The third kappa shape index (κ3) is 2.11. The van der Waals surface area contributed by atoms with Gasteiger partial charge in [0.2, 0.25) is 0 Å². The van der Waals surface area contributed by atoms with E-state index in [1.807, 2.05) is 20.8 Å². The summed E-state index contributed by atoms with van der Waals surface area (Å²) < 4.78 is 13.9. The third-order valence-electron chi connectivity index (χ3n) is 2.86. The fraction of sp³-hybridized carbons (Fsp3) is 0.571. The Morgan fingerprint density at radius 2 is 1.61 bits per heavy atom. The molecule has 0 aliphatic rings. The Morgan fingerprint density at radius 1 is 1.00 bits per heavy atom. The van der Waals surface area contributed by atoms with Gasteiger partial charge in [0.1, 0.15) is 11.5 Å². The van der Waals surface area contributed by atoms with E-state index in [2.05, 4.69) is 35.7 Å². The lowest BCUT2D eigenvalue weighted by Crippen LogP contribution is -2.22. The zero-order valence-corrected chi connectivity index (χ0v) is 11.8. The topological polar surface area (TPSA) is 41.6 Å². The van der Waals surface area contributed by atoms with Gasteiger partial charge in [-0.2, -0.15) is 0 Å². The molecule has 0 aromatic carbocycles. The summed E-state index contributed by atoms with van der Waals surface area (Å²) in [5.41, 5.74) is 0.966. The molecular formula is C14H20FN3. The normalized spacial score (nSPS) is 13.3. The van der Waals surface area contributed by atoms with Crippen LogP contribution in [0, 0.1) is 5.82 Å². The van der Waals surface area contributed by atoms with Crippen LogP contribution in [0.15, 0.2) is 6.20 Å². The molecule has 0 amide bonds. The molecular weight excluding hydrogens is 229 g/mol. The van der Waals surface area contributed by atoms with Gasteiger partial charge in [0.05, 0.1) is 11.1 Å². The molecule has 0 unspecified atom stereocenters. The summed E-state index contributed by atoms with van der Waals surface area (Å²) in [4.78, 5) is 11.9. The van der Waals surface area contributed by atoms with Crippen molar-refractivity contribution < 1.29 is 4.39 Å². The van der Waals surface area contributed by atoms with Gasteiger partial charge in [-0.25, -0.2) is 14.4 Å². The second-order valence-corrected chi connectivity index (χ2v) is 6.76. The number of hydrogen-bond donors (Lipinski definition) is 1. The smallest absolute Gasteiger partial charge is 0.152 e. The summed E-state index contributed by atoms with van der Waals surface area (Å²) >= 11 is 0. The minimum absolute atomic E-state index is 0.157. The summed E-state index contributed by atoms with van der Waals surface area (Å²) in [6.07, 6.45) is 1.35. The van der Waals surface area contributed by atoms with Crippen LogP contribution in [0.3, 0.4) is 0 Å². The van der Waals surface area contributed by atoms with Crippen LogP contribution < -0.4 is 0 Å². The van der Waals surface area contributed by atoms with E-state index in [4.69, 9.17) is 0 Å². The number of rotatable bonds is 0. The number of nitrogens with one attached hydrogen (secondary N) is 1. The van der Waals surface area contributed by atoms with Crippen molar-refractivity contribution in [1.82, 2.24) is 15.0 Å². The van der Waals surface area contributed by atoms with E-state index in [9.17, 15) is 4.39 Å². The van der Waals surface area contributed by atoms with Crippen molar-refractivity contribution >= 4 is 11.0 Å². The zero-order valence-electron chi connectivity index (χ0n) is 11.8. The van der Waals surface area contributed by atoms with Crippen molar-refractivity contribution in [3.05, 3.63) is 23.5 Å². The number of aromatic nitrogens is 3. The zero-order chi connectivity index (χ0) is 13.7. The van der Waals surface area contributed by atoms with E-state index in [0.29, 0.717) is 11.0 Å². The van der Waals surface area contributed by atoms with E-state index in [-0.39, 0.29) is 16.6 Å². The molecule has 0 radical (unpaired) electrons. The molecule has 0 aliphatic heterocycles. The maximum atomic E-state index is 13.9. The fourth-order valence-corrected chi connectivity index (χ4v) is 1.87. The predicted octanol–water partition coefficient (Wildman–Crippen LogP) is 3.69. The van der Waals surface area contributed by atoms with Crippen molar-refractivity contribution in [2.45, 2.75) is 52.4 Å². The van der Waals surface area contributed by atoms with Gasteiger partial charge in [0, 0.05) is 17.0 Å². The Balaban J connectivity index is 2.83. The molecule has 2 aromatic heterocycles. The molecule has 98 valence electrons. The van der Waals surface area contributed by atoms with E-state index >= 15 is 0 Å². The molecule has 0 atom stereocenters. The van der Waals surface area contributed by atoms with E-state index < -0.39 is 0 Å². The highest BCUT2D eigenvalue weighted by atomic mass is 19.1. The van der Waals surface area contributed by atoms with Crippen LogP contribution in [0.1, 0.15) is 53.1 Å². The molecule has 0 saturated carbocycles. The Hall–Kier alpha value is -1.45. The first-order valence-corrected chi connectivity index (χ1v) is 6.16. The first kappa shape index (κ1) is 13.0. The fourth-order valence-electron chi connectivity index (χ4n) is 1.87. The van der Waals surface area contributed by atoms with Crippen molar-refractivity contribution in [3.63, 3.8) is 0 Å². The van der Waals surface area contributed by atoms with Crippen LogP contribution in [0.25, 0.3) is 11.0 Å². The summed E-state index contributed by atoms with van der Waals surface area (Å²) in [6.45, 7) is 12.3. The highest BCUT2D eigenvalue weighted by Crippen LogP contribution is 2.31. The first-order valence-electron chi connectivity index (χ1n) is 6.16. The Kier molecular flexibility index (Phi) is 2.72. The molecule has 4 heteroatoms. The number of halogens is 1. The average molecular weight is 249 g/mol. The molecule has 2 aromatic rings. The second-order valence-electron chi connectivity index (χ2n) is 6.76. The Bertz CT molecular complexity index is 585. The lowest BCUT2D eigenvalue weighted by Gasteiger charge is -2.23. The summed E-state index contributed by atoms with van der Waals surface area (Å²) in [5.74, 6) is 0.456. The highest BCUT2D eigenvalue weighted by molar-refractivity contribution is 5.80. The highest BCUT2D eigenvalue weighted by Gasteiger charge is 2.27. The lowest BCUT2D eigenvalue weighted by molar-refractivity contribution is 0.518. The van der Waals surface area contributed by atoms with Gasteiger partial charge in [-0.05, 0) is 0 Å². The van der Waals surface area contributed by atoms with Crippen LogP contribution in [0.2, 0.25) is 0 Å². The summed E-state index contributed by atoms with van der Waals surface area (Å²) in [5, 5.41) is 0.510. The lowest BCUT2D eigenvalue weighted by atomic mass is 9.88. The standard InChI is InChI=1S/C14H20FN3/c1-13(2,3)10-9-8(15)7-16-11(9)18-12(17-10)14(4,5)6/h7H,1-6H3,(H,16,17,18). The largest absolute Gasteiger partial charge is 0.343 e. The van der Waals surface area contributed by atoms with Gasteiger partial charge >= 0.3 is 0 Å². The molecule has 18 heavy (non-hydrogen) atoms. The third-order valence-corrected chi connectivity index (χ3v) is 2.86. The van der Waals surface area contributed by atoms with E-state index in [1.54, 1.807) is 0 Å². The average Bonchev–Trinajstić information content (AvgIpc) is 2.56. The van der Waals surface area contributed by atoms with Gasteiger partial charge in [-0.3, -0.25) is 0 Å². The van der Waals surface area contributed by atoms with Crippen LogP contribution in [0.5, 0.6) is 0 Å². The van der Waals surface area contributed by atoms with E-state index in [1.165, 1.54) is 6.20 Å². The van der Waals surface area contributed by atoms with Gasteiger partial charge < -0.3 is 4.98 Å². The molecule has 0 spiro atoms. The Labute approximate surface area is 107 Å². The van der Waals surface area contributed by atoms with Crippen molar-refractivity contribution in [3.8, 4) is 0 Å². The number of aromatic amines is 1. The second kappa shape index (κ2) is 3.77. The van der Waals surface area contributed by atoms with Crippen molar-refractivity contribution in [2.75, 3.05) is 0 Å². The monoisotopic (exact) mass is 249 g/mol. The van der Waals surface area contributed by atoms with Crippen LogP contribution in [-0.2, 0) is 10.8 Å². The van der Waals surface area contributed by atoms with Crippen LogP contribution >= 0.6 is 0 Å². The minimum Gasteiger partial charge on any atom is -0.343 e. The van der Waals surface area contributed by atoms with Crippen molar-refractivity contribution in [1.29, 1.82) is 0 Å². The molecule has 3 nitrogen and oxygen atoms in total. The number of hydrogen-bond acceptors (Lipinski definition) is 2. The van der Waals surface area contributed by atoms with Crippen molar-refractivity contribution in [2.24, 2.45) is 0 Å². The first-order chi connectivity index (χ1) is 8.10. The van der Waals surface area contributed by atoms with Gasteiger partial charge in [0.15, 0.2) is 5.82 Å². The minimum atomic E-state index is -0.282. The Morgan fingerprint density at radius 3 is 2.11 bits per heavy atom. The molecule has 0 fully saturated rings. The maximum Gasteiger partial charge on any atom is 0.152 e. The van der Waals surface area contributed by atoms with Crippen LogP contribution in [-0.4, -0.2) is 15.0 Å². The van der Waals surface area contributed by atoms with Gasteiger partial charge in [0.25, 0.3) is 0 Å². The van der Waals surface area contributed by atoms with Crippen LogP contribution in [0.4, 0.5) is 4.39 Å². The van der Waals surface area contributed by atoms with Gasteiger partial charge in [-0.1, -0.05) is 41.5 Å². The number of nitrogens with zero attached hydrogens (tertiary/aromatic N) is 2. The molecule has 1 N–H and O–H groups in total. The van der Waals surface area contributed by atoms with Gasteiger partial charge in [-0.15, -0.1) is 0 Å². The number of fused-ring (bicyclic) bond motifs is 1. The van der Waals surface area contributed by atoms with E-state index in [0.717, 1.165) is 11.5 Å². The molecule has 0 saturated heterocycles. The molecule has 0 bridgehead atoms. The molecule has 2 heterocycles. The maximum absolute atomic E-state index is 13.9. The SMILES string of the molecule is CC(C)(C)c1nc(C(C)(C)C)c2c(F)c[nH]c2n1. The molecule has 0 aliphatic carbocycles. The molecule has 2 rings (SSSR count). The number of H-pyrrole nitrogens is 1. The quantitative estimate of drug-likeness (QED) is 0.773. The summed E-state index contributed by atoms with van der Waals surface area (Å²) in [7, 11) is 0.